The van der Waals surface area contributed by atoms with Crippen molar-refractivity contribution < 1.29 is 41.8 Å². The van der Waals surface area contributed by atoms with E-state index in [0.29, 0.717) is 37.3 Å². The zero-order chi connectivity index (χ0) is 32.2. The van der Waals surface area contributed by atoms with E-state index in [2.05, 4.69) is 10.0 Å². The maximum Gasteiger partial charge on any atom is 0.411 e. The lowest BCUT2D eigenvalue weighted by atomic mass is 10.1. The van der Waals surface area contributed by atoms with Crippen molar-refractivity contribution in [1.29, 1.82) is 0 Å². The molecule has 240 valence electrons. The van der Waals surface area contributed by atoms with Gasteiger partial charge in [-0.3, -0.25) is 24.1 Å². The summed E-state index contributed by atoms with van der Waals surface area (Å²) in [7, 11) is -2.38. The lowest BCUT2D eigenvalue weighted by molar-refractivity contribution is -0.131. The third kappa shape index (κ3) is 6.08. The molecule has 3 atom stereocenters. The zero-order valence-electron chi connectivity index (χ0n) is 25.9. The maximum atomic E-state index is 13.7. The Morgan fingerprint density at radius 3 is 2.34 bits per heavy atom. The monoisotopic (exact) mass is 632 g/mol. The Bertz CT molecular complexity index is 1530. The number of amides is 4. The second-order valence-electron chi connectivity index (χ2n) is 13.2. The van der Waals surface area contributed by atoms with Crippen LogP contribution in [0.1, 0.15) is 71.4 Å². The molecular formula is C30H40N4O9S. The first-order chi connectivity index (χ1) is 20.5. The van der Waals surface area contributed by atoms with Gasteiger partial charge in [-0.05, 0) is 76.3 Å². The Morgan fingerprint density at radius 1 is 1.07 bits per heavy atom. The van der Waals surface area contributed by atoms with Gasteiger partial charge in [-0.15, -0.1) is 0 Å². The Kier molecular flexibility index (Phi) is 7.88. The Balaban J connectivity index is 1.30. The minimum absolute atomic E-state index is 0.0370. The number of ether oxygens (including phenoxy) is 3. The number of carbonyl (C=O) groups is 4. The number of carbonyl (C=O) groups excluding carboxylic acids is 4. The summed E-state index contributed by atoms with van der Waals surface area (Å²) in [5, 5.41) is 2.71. The number of methoxy groups -OCH3 is 1. The summed E-state index contributed by atoms with van der Waals surface area (Å²) in [5.41, 5.74) is 0.0340. The van der Waals surface area contributed by atoms with Crippen LogP contribution in [0.25, 0.3) is 0 Å². The fraction of sp³-hybridized carbons (Fsp3) is 0.600. The summed E-state index contributed by atoms with van der Waals surface area (Å²) in [4.78, 5) is 56.1. The zero-order valence-corrected chi connectivity index (χ0v) is 26.7. The second-order valence-corrected chi connectivity index (χ2v) is 15.3. The van der Waals surface area contributed by atoms with Gasteiger partial charge >= 0.3 is 12.2 Å². The molecule has 2 N–H and O–H groups in total. The molecule has 1 saturated heterocycles. The molecule has 2 aliphatic heterocycles. The van der Waals surface area contributed by atoms with Crippen molar-refractivity contribution >= 4 is 34.0 Å². The molecule has 0 bridgehead atoms. The lowest BCUT2D eigenvalue weighted by Gasteiger charge is -2.29. The smallest absolute Gasteiger partial charge is 0.411 e. The molecule has 0 aromatic heterocycles. The number of sulfonamides is 1. The van der Waals surface area contributed by atoms with Gasteiger partial charge in [-0.25, -0.2) is 18.0 Å². The molecule has 4 aliphatic rings. The number of benzene rings is 1. The molecule has 1 aromatic rings. The number of allylic oxidation sites excluding steroid dienone is 1. The Hall–Kier alpha value is -3.81. The molecule has 2 heterocycles. The van der Waals surface area contributed by atoms with Crippen molar-refractivity contribution in [1.82, 2.24) is 19.8 Å². The molecule has 2 aliphatic carbocycles. The van der Waals surface area contributed by atoms with Gasteiger partial charge in [-0.2, -0.15) is 0 Å². The highest BCUT2D eigenvalue weighted by Crippen LogP contribution is 2.46. The van der Waals surface area contributed by atoms with Gasteiger partial charge in [0.25, 0.3) is 5.91 Å². The molecular weight excluding hydrogens is 592 g/mol. The van der Waals surface area contributed by atoms with Gasteiger partial charge in [0.15, 0.2) is 0 Å². The summed E-state index contributed by atoms with van der Waals surface area (Å²) >= 11 is 0. The molecule has 44 heavy (non-hydrogen) atoms. The van der Waals surface area contributed by atoms with Crippen LogP contribution in [0.15, 0.2) is 29.8 Å². The topological polar surface area (TPSA) is 161 Å². The summed E-state index contributed by atoms with van der Waals surface area (Å²) in [6.07, 6.45) is 0.427. The molecule has 1 aromatic carbocycles. The van der Waals surface area contributed by atoms with Crippen LogP contribution in [-0.4, -0.2) is 83.9 Å². The highest BCUT2D eigenvalue weighted by Gasteiger charge is 2.60. The number of hydrogen-bond acceptors (Lipinski definition) is 9. The van der Waals surface area contributed by atoms with E-state index in [1.165, 1.54) is 9.80 Å². The molecule has 0 radical (unpaired) electrons. The molecule has 3 fully saturated rings. The largest absolute Gasteiger partial charge is 0.497 e. The third-order valence-electron chi connectivity index (χ3n) is 8.64. The fourth-order valence-corrected chi connectivity index (χ4v) is 6.87. The van der Waals surface area contributed by atoms with Gasteiger partial charge in [-0.1, -0.05) is 12.1 Å². The van der Waals surface area contributed by atoms with Crippen LogP contribution in [0.5, 0.6) is 5.75 Å². The van der Waals surface area contributed by atoms with Crippen LogP contribution in [0.4, 0.5) is 9.59 Å². The highest BCUT2D eigenvalue weighted by atomic mass is 32.2. The van der Waals surface area contributed by atoms with Gasteiger partial charge in [0, 0.05) is 25.9 Å². The summed E-state index contributed by atoms with van der Waals surface area (Å²) in [5.74, 6) is -0.849. The maximum absolute atomic E-state index is 13.7. The van der Waals surface area contributed by atoms with Crippen molar-refractivity contribution in [2.75, 3.05) is 13.7 Å². The SMILES string of the molecule is C/C=C1\CC1(NC(=O)[C@@H]1C[C@@H](OC(=O)N2Cc3ccc(OC)cc3C2)CN1C(=O)OC(C)(C)C)C(=O)NS(=O)(=O)C1(C)CC1. The predicted molar refractivity (Wildman–Crippen MR) is 158 cm³/mol. The van der Waals surface area contributed by atoms with Crippen molar-refractivity contribution in [2.24, 2.45) is 0 Å². The summed E-state index contributed by atoms with van der Waals surface area (Å²) in [6.45, 7) is 8.89. The van der Waals surface area contributed by atoms with Gasteiger partial charge in [0.1, 0.15) is 29.0 Å². The number of likely N-dealkylation sites (tertiary alicyclic amines) is 1. The van der Waals surface area contributed by atoms with Gasteiger partial charge < -0.3 is 19.5 Å². The number of nitrogens with one attached hydrogen (secondary N) is 2. The van der Waals surface area contributed by atoms with Crippen molar-refractivity contribution in [3.63, 3.8) is 0 Å². The molecule has 0 spiro atoms. The molecule has 1 unspecified atom stereocenters. The Morgan fingerprint density at radius 2 is 1.75 bits per heavy atom. The third-order valence-corrected chi connectivity index (χ3v) is 10.8. The average molecular weight is 633 g/mol. The van der Waals surface area contributed by atoms with E-state index in [4.69, 9.17) is 14.2 Å². The normalized spacial score (nSPS) is 26.1. The van der Waals surface area contributed by atoms with E-state index < -0.39 is 62.1 Å². The van der Waals surface area contributed by atoms with E-state index in [9.17, 15) is 27.6 Å². The lowest BCUT2D eigenvalue weighted by Crippen LogP contribution is -2.56. The molecule has 4 amide bonds. The average Bonchev–Trinajstić information content (AvgIpc) is 3.75. The van der Waals surface area contributed by atoms with Crippen molar-refractivity contribution in [3.05, 3.63) is 41.0 Å². The first-order valence-corrected chi connectivity index (χ1v) is 16.1. The first-order valence-electron chi connectivity index (χ1n) is 14.7. The fourth-order valence-electron chi connectivity index (χ4n) is 5.57. The van der Waals surface area contributed by atoms with E-state index in [0.717, 1.165) is 11.1 Å². The standard InChI is InChI=1S/C30H40N4O9S/c1-7-20-14-30(20,25(36)32-44(39,40)29(5)10-11-29)31-24(35)23-13-22(17-34(23)27(38)43-28(2,3)4)42-26(37)33-15-18-8-9-21(41-6)12-19(18)16-33/h7-9,12,22-23H,10-11,13-17H2,1-6H3,(H,31,35)(H,32,36)/b20-7+/t22-,23+,30?/m1/s1. The van der Waals surface area contributed by atoms with Crippen LogP contribution in [0.2, 0.25) is 0 Å². The molecule has 14 heteroatoms. The number of rotatable bonds is 7. The predicted octanol–water partition coefficient (Wildman–Crippen LogP) is 2.73. The van der Waals surface area contributed by atoms with Crippen LogP contribution in [0.3, 0.4) is 0 Å². The van der Waals surface area contributed by atoms with E-state index in [-0.39, 0.29) is 19.4 Å². The summed E-state index contributed by atoms with van der Waals surface area (Å²) in [6, 6.07) is 4.44. The van der Waals surface area contributed by atoms with Crippen LogP contribution >= 0.6 is 0 Å². The van der Waals surface area contributed by atoms with E-state index >= 15 is 0 Å². The molecule has 13 nitrogen and oxygen atoms in total. The first kappa shape index (κ1) is 31.6. The minimum atomic E-state index is -3.95. The second kappa shape index (κ2) is 11.0. The van der Waals surface area contributed by atoms with E-state index in [1.54, 1.807) is 47.8 Å². The summed E-state index contributed by atoms with van der Waals surface area (Å²) < 4.78 is 43.3. The van der Waals surface area contributed by atoms with Crippen LogP contribution < -0.4 is 14.8 Å². The number of fused-ring (bicyclic) bond motifs is 1. The van der Waals surface area contributed by atoms with Gasteiger partial charge in [0.2, 0.25) is 15.9 Å². The number of nitrogens with zero attached hydrogens (tertiary/aromatic N) is 2. The van der Waals surface area contributed by atoms with Crippen LogP contribution in [-0.2, 0) is 42.2 Å². The highest BCUT2D eigenvalue weighted by molar-refractivity contribution is 7.91. The molecule has 2 saturated carbocycles. The van der Waals surface area contributed by atoms with Crippen molar-refractivity contribution in [3.8, 4) is 5.75 Å². The number of hydrogen-bond donors (Lipinski definition) is 2. The quantitative estimate of drug-likeness (QED) is 0.431. The molecule has 5 rings (SSSR count). The van der Waals surface area contributed by atoms with Gasteiger partial charge in [0.05, 0.1) is 18.4 Å². The van der Waals surface area contributed by atoms with E-state index in [1.807, 2.05) is 18.2 Å². The minimum Gasteiger partial charge on any atom is -0.497 e. The Labute approximate surface area is 257 Å². The van der Waals surface area contributed by atoms with Crippen molar-refractivity contribution in [2.45, 2.75) is 101 Å². The van der Waals surface area contributed by atoms with Crippen LogP contribution in [0, 0.1) is 0 Å².